The van der Waals surface area contributed by atoms with E-state index in [1.165, 1.54) is 12.1 Å². The standard InChI is InChI=1S/C27H27FN4O3/c28-19-4-5-21-22(20-2-1-7-29-24(20)17-35-26(21)16-19)14-18-3-6-25-23(15-18)30-27(33)32(25)9-8-31-10-12-34-13-11-31/h1-7,14-16,27,30,33H,8-13,17H2/b22-14+. The van der Waals surface area contributed by atoms with E-state index in [1.807, 2.05) is 35.2 Å². The Hall–Kier alpha value is -3.46. The van der Waals surface area contributed by atoms with Crippen LogP contribution in [-0.4, -0.2) is 60.7 Å². The van der Waals surface area contributed by atoms with Crippen LogP contribution in [0.25, 0.3) is 11.6 Å². The molecule has 3 aliphatic rings. The summed E-state index contributed by atoms with van der Waals surface area (Å²) >= 11 is 0. The third-order valence-electron chi connectivity index (χ3n) is 6.76. The summed E-state index contributed by atoms with van der Waals surface area (Å²) in [6.07, 6.45) is 3.04. The molecular weight excluding hydrogens is 447 g/mol. The summed E-state index contributed by atoms with van der Waals surface area (Å²) in [5, 5.41) is 13.9. The second-order valence-electron chi connectivity index (χ2n) is 8.93. The molecule has 4 heterocycles. The van der Waals surface area contributed by atoms with Gasteiger partial charge in [-0.2, -0.15) is 0 Å². The van der Waals surface area contributed by atoms with Crippen LogP contribution in [0.2, 0.25) is 0 Å². The van der Waals surface area contributed by atoms with Gasteiger partial charge in [0, 0.05) is 49.6 Å². The van der Waals surface area contributed by atoms with E-state index in [1.54, 1.807) is 12.3 Å². The zero-order chi connectivity index (χ0) is 23.8. The minimum atomic E-state index is -0.770. The number of aliphatic hydroxyl groups is 1. The second-order valence-corrected chi connectivity index (χ2v) is 8.93. The van der Waals surface area contributed by atoms with Gasteiger partial charge in [-0.3, -0.25) is 9.88 Å². The Labute approximate surface area is 203 Å². The van der Waals surface area contributed by atoms with E-state index in [-0.39, 0.29) is 12.4 Å². The monoisotopic (exact) mass is 474 g/mol. The highest BCUT2D eigenvalue weighted by atomic mass is 19.1. The number of hydrogen-bond donors (Lipinski definition) is 2. The molecule has 2 aromatic carbocycles. The van der Waals surface area contributed by atoms with Gasteiger partial charge in [-0.25, -0.2) is 4.39 Å². The number of nitrogens with one attached hydrogen (secondary N) is 1. The summed E-state index contributed by atoms with van der Waals surface area (Å²) < 4.78 is 25.3. The maximum Gasteiger partial charge on any atom is 0.205 e. The Kier molecular flexibility index (Phi) is 5.85. The predicted molar refractivity (Wildman–Crippen MR) is 133 cm³/mol. The minimum Gasteiger partial charge on any atom is -0.487 e. The Morgan fingerprint density at radius 3 is 2.86 bits per heavy atom. The van der Waals surface area contributed by atoms with Gasteiger partial charge in [0.25, 0.3) is 0 Å². The Morgan fingerprint density at radius 1 is 1.09 bits per heavy atom. The second kappa shape index (κ2) is 9.30. The van der Waals surface area contributed by atoms with Crippen molar-refractivity contribution in [1.29, 1.82) is 0 Å². The maximum atomic E-state index is 14.0. The number of aliphatic hydroxyl groups excluding tert-OH is 1. The summed E-state index contributed by atoms with van der Waals surface area (Å²) in [4.78, 5) is 8.83. The van der Waals surface area contributed by atoms with Crippen LogP contribution in [0.1, 0.15) is 22.4 Å². The van der Waals surface area contributed by atoms with E-state index in [2.05, 4.69) is 21.3 Å². The first-order valence-corrected chi connectivity index (χ1v) is 11.9. The van der Waals surface area contributed by atoms with Crippen molar-refractivity contribution in [2.45, 2.75) is 13.0 Å². The molecule has 1 fully saturated rings. The van der Waals surface area contributed by atoms with Gasteiger partial charge in [0.15, 0.2) is 0 Å². The van der Waals surface area contributed by atoms with Crippen LogP contribution >= 0.6 is 0 Å². The molecule has 0 bridgehead atoms. The Balaban J connectivity index is 1.32. The van der Waals surface area contributed by atoms with Crippen LogP contribution < -0.4 is 15.0 Å². The summed E-state index contributed by atoms with van der Waals surface area (Å²) in [6.45, 7) is 5.22. The lowest BCUT2D eigenvalue weighted by molar-refractivity contribution is 0.0382. The van der Waals surface area contributed by atoms with Crippen LogP contribution in [-0.2, 0) is 11.3 Å². The minimum absolute atomic E-state index is 0.278. The fraction of sp³-hybridized carbons (Fsp3) is 0.296. The van der Waals surface area contributed by atoms with Crippen LogP contribution in [0.5, 0.6) is 5.75 Å². The van der Waals surface area contributed by atoms with Crippen molar-refractivity contribution in [3.8, 4) is 5.75 Å². The number of halogens is 1. The summed E-state index contributed by atoms with van der Waals surface area (Å²) in [5.74, 6) is 0.160. The highest BCUT2D eigenvalue weighted by molar-refractivity contribution is 5.95. The van der Waals surface area contributed by atoms with Crippen LogP contribution in [0.4, 0.5) is 15.8 Å². The van der Waals surface area contributed by atoms with E-state index < -0.39 is 6.35 Å². The molecule has 3 aliphatic heterocycles. The molecule has 1 aromatic heterocycles. The van der Waals surface area contributed by atoms with Gasteiger partial charge in [-0.15, -0.1) is 0 Å². The molecule has 6 rings (SSSR count). The summed E-state index contributed by atoms with van der Waals surface area (Å²) in [5.41, 5.74) is 6.31. The van der Waals surface area contributed by atoms with E-state index in [0.29, 0.717) is 5.75 Å². The topological polar surface area (TPSA) is 70.1 Å². The smallest absolute Gasteiger partial charge is 0.205 e. The number of morpholine rings is 1. The molecule has 35 heavy (non-hydrogen) atoms. The number of pyridine rings is 1. The molecule has 1 saturated heterocycles. The molecule has 0 saturated carbocycles. The molecular formula is C27H27FN4O3. The van der Waals surface area contributed by atoms with Gasteiger partial charge < -0.3 is 24.8 Å². The summed E-state index contributed by atoms with van der Waals surface area (Å²) in [7, 11) is 0. The first-order valence-electron chi connectivity index (χ1n) is 11.9. The van der Waals surface area contributed by atoms with Crippen molar-refractivity contribution in [3.63, 3.8) is 0 Å². The van der Waals surface area contributed by atoms with Gasteiger partial charge in [0.1, 0.15) is 18.2 Å². The SMILES string of the molecule is OC1Nc2cc(/C=C3/c4ccc(F)cc4OCc4ncccc43)ccc2N1CCN1CCOCC1. The predicted octanol–water partition coefficient (Wildman–Crippen LogP) is 3.54. The highest BCUT2D eigenvalue weighted by Crippen LogP contribution is 2.39. The zero-order valence-electron chi connectivity index (χ0n) is 19.3. The van der Waals surface area contributed by atoms with Crippen LogP contribution in [0.3, 0.4) is 0 Å². The lowest BCUT2D eigenvalue weighted by atomic mass is 9.94. The number of anilines is 2. The zero-order valence-corrected chi connectivity index (χ0v) is 19.3. The molecule has 1 atom stereocenters. The fourth-order valence-electron chi connectivity index (χ4n) is 4.92. The molecule has 1 unspecified atom stereocenters. The molecule has 3 aromatic rings. The first-order chi connectivity index (χ1) is 17.2. The Bertz CT molecular complexity index is 1280. The molecule has 0 radical (unpaired) electrons. The van der Waals surface area contributed by atoms with Gasteiger partial charge in [0.05, 0.1) is 30.3 Å². The quantitative estimate of drug-likeness (QED) is 0.600. The number of fused-ring (bicyclic) bond motifs is 3. The van der Waals surface area contributed by atoms with Gasteiger partial charge in [-0.05, 0) is 47.5 Å². The number of rotatable bonds is 4. The molecule has 7 nitrogen and oxygen atoms in total. The Morgan fingerprint density at radius 2 is 1.97 bits per heavy atom. The van der Waals surface area contributed by atoms with E-state index in [0.717, 1.165) is 78.7 Å². The molecule has 2 N–H and O–H groups in total. The molecule has 180 valence electrons. The number of benzene rings is 2. The molecule has 0 aliphatic carbocycles. The third-order valence-corrected chi connectivity index (χ3v) is 6.76. The van der Waals surface area contributed by atoms with Crippen LogP contribution in [0.15, 0.2) is 54.7 Å². The average Bonchev–Trinajstić information content (AvgIpc) is 3.11. The van der Waals surface area contributed by atoms with E-state index in [9.17, 15) is 9.50 Å². The van der Waals surface area contributed by atoms with Crippen molar-refractivity contribution < 1.29 is 19.0 Å². The lowest BCUT2D eigenvalue weighted by Gasteiger charge is -2.30. The van der Waals surface area contributed by atoms with E-state index in [4.69, 9.17) is 9.47 Å². The number of ether oxygens (including phenoxy) is 2. The summed E-state index contributed by atoms with van der Waals surface area (Å²) in [6, 6.07) is 14.6. The number of nitrogens with zero attached hydrogens (tertiary/aromatic N) is 3. The molecule has 0 amide bonds. The van der Waals surface area contributed by atoms with Gasteiger partial charge in [0.2, 0.25) is 6.35 Å². The normalized spacial score (nSPS) is 20.5. The average molecular weight is 475 g/mol. The van der Waals surface area contributed by atoms with Gasteiger partial charge >= 0.3 is 0 Å². The maximum absolute atomic E-state index is 14.0. The van der Waals surface area contributed by atoms with Crippen molar-refractivity contribution in [3.05, 3.63) is 82.9 Å². The third kappa shape index (κ3) is 4.36. The highest BCUT2D eigenvalue weighted by Gasteiger charge is 2.28. The van der Waals surface area contributed by atoms with Crippen molar-refractivity contribution >= 4 is 23.0 Å². The largest absolute Gasteiger partial charge is 0.487 e. The van der Waals surface area contributed by atoms with Gasteiger partial charge in [-0.1, -0.05) is 12.1 Å². The number of hydrogen-bond acceptors (Lipinski definition) is 7. The number of aromatic nitrogens is 1. The van der Waals surface area contributed by atoms with E-state index >= 15 is 0 Å². The molecule has 8 heteroatoms. The first kappa shape index (κ1) is 22.0. The fourth-order valence-corrected chi connectivity index (χ4v) is 4.92. The van der Waals surface area contributed by atoms with Crippen LogP contribution in [0, 0.1) is 5.82 Å². The lowest BCUT2D eigenvalue weighted by Crippen LogP contribution is -2.44. The van der Waals surface area contributed by atoms with Crippen molar-refractivity contribution in [1.82, 2.24) is 9.88 Å². The van der Waals surface area contributed by atoms with Crippen molar-refractivity contribution in [2.75, 3.05) is 49.6 Å². The molecule has 0 spiro atoms. The van der Waals surface area contributed by atoms with Crippen molar-refractivity contribution in [2.24, 2.45) is 0 Å².